The van der Waals surface area contributed by atoms with Gasteiger partial charge in [0.05, 0.1) is 11.1 Å². The predicted molar refractivity (Wildman–Crippen MR) is 110 cm³/mol. The van der Waals surface area contributed by atoms with E-state index in [9.17, 15) is 14.0 Å². The van der Waals surface area contributed by atoms with E-state index < -0.39 is 17.6 Å². The summed E-state index contributed by atoms with van der Waals surface area (Å²) in [6, 6.07) is 11.6. The molecular weight excluding hydrogens is 383 g/mol. The summed E-state index contributed by atoms with van der Waals surface area (Å²) in [6.45, 7) is 0.255. The van der Waals surface area contributed by atoms with Gasteiger partial charge in [0, 0.05) is 32.0 Å². The summed E-state index contributed by atoms with van der Waals surface area (Å²) in [6.07, 6.45) is 0. The Kier molecular flexibility index (Phi) is 7.37. The van der Waals surface area contributed by atoms with Crippen LogP contribution in [0.5, 0.6) is 0 Å². The summed E-state index contributed by atoms with van der Waals surface area (Å²) in [5, 5.41) is 4.90. The van der Waals surface area contributed by atoms with E-state index in [0.29, 0.717) is 0 Å². The highest BCUT2D eigenvalue weighted by Gasteiger charge is 2.19. The second-order valence-electron chi connectivity index (χ2n) is 6.76. The number of amides is 2. The molecule has 6 nitrogen and oxygen atoms in total. The lowest BCUT2D eigenvalue weighted by Crippen LogP contribution is -2.40. The standard InChI is InChI=1S/C20H24ClFN4O2/c1-25(2)15-8-5-13(6-9-15)18(26(3)4)12-23-19(27)20(28)24-14-7-10-17(22)16(21)11-14/h5-11,18H,12H2,1-4H3,(H,23,27)(H,24,28). The van der Waals surface area contributed by atoms with Crippen LogP contribution in [0.3, 0.4) is 0 Å². The average molecular weight is 407 g/mol. The van der Waals surface area contributed by atoms with Gasteiger partial charge in [0.15, 0.2) is 0 Å². The van der Waals surface area contributed by atoms with Crippen LogP contribution in [0, 0.1) is 5.82 Å². The number of hydrogen-bond acceptors (Lipinski definition) is 4. The van der Waals surface area contributed by atoms with Gasteiger partial charge >= 0.3 is 11.8 Å². The number of nitrogens with zero attached hydrogens (tertiary/aromatic N) is 2. The lowest BCUT2D eigenvalue weighted by Gasteiger charge is -2.25. The zero-order chi connectivity index (χ0) is 20.8. The van der Waals surface area contributed by atoms with Gasteiger partial charge in [0.2, 0.25) is 0 Å². The Labute approximate surface area is 169 Å². The van der Waals surface area contributed by atoms with Crippen LogP contribution in [-0.2, 0) is 9.59 Å². The number of rotatable bonds is 6. The van der Waals surface area contributed by atoms with Crippen molar-refractivity contribution in [2.45, 2.75) is 6.04 Å². The fourth-order valence-electron chi connectivity index (χ4n) is 2.62. The number of halogens is 2. The highest BCUT2D eigenvalue weighted by molar-refractivity contribution is 6.39. The van der Waals surface area contributed by atoms with Crippen LogP contribution in [0.1, 0.15) is 11.6 Å². The molecule has 2 aromatic carbocycles. The summed E-state index contributed by atoms with van der Waals surface area (Å²) in [4.78, 5) is 28.2. The van der Waals surface area contributed by atoms with Crippen molar-refractivity contribution in [2.75, 3.05) is 45.0 Å². The Morgan fingerprint density at radius 3 is 2.21 bits per heavy atom. The third kappa shape index (κ3) is 5.68. The second-order valence-corrected chi connectivity index (χ2v) is 7.17. The molecule has 1 atom stereocenters. The number of nitrogens with one attached hydrogen (secondary N) is 2. The van der Waals surface area contributed by atoms with Crippen molar-refractivity contribution in [3.63, 3.8) is 0 Å². The van der Waals surface area contributed by atoms with Crippen molar-refractivity contribution in [1.82, 2.24) is 10.2 Å². The van der Waals surface area contributed by atoms with Gasteiger partial charge in [0.25, 0.3) is 0 Å². The predicted octanol–water partition coefficient (Wildman–Crippen LogP) is 2.90. The molecule has 2 aromatic rings. The van der Waals surface area contributed by atoms with Crippen LogP contribution < -0.4 is 15.5 Å². The largest absolute Gasteiger partial charge is 0.378 e. The van der Waals surface area contributed by atoms with Gasteiger partial charge in [-0.1, -0.05) is 23.7 Å². The number of benzene rings is 2. The third-order valence-corrected chi connectivity index (χ3v) is 4.55. The SMILES string of the molecule is CN(C)c1ccc(C(CNC(=O)C(=O)Nc2ccc(F)c(Cl)c2)N(C)C)cc1. The number of carbonyl (C=O) groups excluding carboxylic acids is 2. The molecule has 0 aliphatic carbocycles. The highest BCUT2D eigenvalue weighted by Crippen LogP contribution is 2.21. The summed E-state index contributed by atoms with van der Waals surface area (Å²) < 4.78 is 13.2. The molecule has 1 unspecified atom stereocenters. The van der Waals surface area contributed by atoms with E-state index >= 15 is 0 Å². The highest BCUT2D eigenvalue weighted by atomic mass is 35.5. The molecule has 2 N–H and O–H groups in total. The molecule has 2 amide bonds. The van der Waals surface area contributed by atoms with Crippen molar-refractivity contribution >= 4 is 34.8 Å². The van der Waals surface area contributed by atoms with Crippen LogP contribution >= 0.6 is 11.6 Å². The molecule has 0 aliphatic rings. The van der Waals surface area contributed by atoms with Crippen molar-refractivity contribution < 1.29 is 14.0 Å². The van der Waals surface area contributed by atoms with Gasteiger partial charge in [-0.25, -0.2) is 4.39 Å². The average Bonchev–Trinajstić information content (AvgIpc) is 2.64. The molecule has 0 saturated carbocycles. The lowest BCUT2D eigenvalue weighted by molar-refractivity contribution is -0.136. The lowest BCUT2D eigenvalue weighted by atomic mass is 10.1. The van der Waals surface area contributed by atoms with Crippen LogP contribution in [0.15, 0.2) is 42.5 Å². The topological polar surface area (TPSA) is 64.7 Å². The Hall–Kier alpha value is -2.64. The minimum absolute atomic E-state index is 0.103. The first-order chi connectivity index (χ1) is 13.2. The molecule has 0 aromatic heterocycles. The second kappa shape index (κ2) is 9.52. The van der Waals surface area contributed by atoms with Crippen molar-refractivity contribution in [1.29, 1.82) is 0 Å². The van der Waals surface area contributed by atoms with E-state index in [4.69, 9.17) is 11.6 Å². The first-order valence-electron chi connectivity index (χ1n) is 8.67. The van der Waals surface area contributed by atoms with Gasteiger partial charge in [0.1, 0.15) is 5.82 Å². The van der Waals surface area contributed by atoms with Gasteiger partial charge in [-0.3, -0.25) is 9.59 Å². The van der Waals surface area contributed by atoms with Crippen LogP contribution in [0.25, 0.3) is 0 Å². The fraction of sp³-hybridized carbons (Fsp3) is 0.300. The monoisotopic (exact) mass is 406 g/mol. The smallest absolute Gasteiger partial charge is 0.313 e. The van der Waals surface area contributed by atoms with Crippen molar-refractivity contribution in [2.24, 2.45) is 0 Å². The van der Waals surface area contributed by atoms with E-state index in [2.05, 4.69) is 10.6 Å². The van der Waals surface area contributed by atoms with Crippen LogP contribution in [0.4, 0.5) is 15.8 Å². The number of carbonyl (C=O) groups is 2. The fourth-order valence-corrected chi connectivity index (χ4v) is 2.81. The maximum Gasteiger partial charge on any atom is 0.313 e. The number of hydrogen-bond donors (Lipinski definition) is 2. The van der Waals surface area contributed by atoms with E-state index in [1.165, 1.54) is 12.1 Å². The Morgan fingerprint density at radius 2 is 1.68 bits per heavy atom. The summed E-state index contributed by atoms with van der Waals surface area (Å²) >= 11 is 5.68. The normalized spacial score (nSPS) is 11.8. The van der Waals surface area contributed by atoms with Gasteiger partial charge < -0.3 is 20.4 Å². The zero-order valence-electron chi connectivity index (χ0n) is 16.3. The summed E-state index contributed by atoms with van der Waals surface area (Å²) in [5.74, 6) is -2.22. The molecule has 2 rings (SSSR count). The van der Waals surface area contributed by atoms with Crippen molar-refractivity contribution in [3.8, 4) is 0 Å². The van der Waals surface area contributed by atoms with E-state index in [0.717, 1.165) is 17.3 Å². The van der Waals surface area contributed by atoms with Crippen molar-refractivity contribution in [3.05, 3.63) is 58.9 Å². The van der Waals surface area contributed by atoms with Crippen LogP contribution in [-0.4, -0.2) is 51.4 Å². The molecule has 28 heavy (non-hydrogen) atoms. The molecule has 0 heterocycles. The molecule has 0 spiro atoms. The van der Waals surface area contributed by atoms with Crippen LogP contribution in [0.2, 0.25) is 5.02 Å². The summed E-state index contributed by atoms with van der Waals surface area (Å²) in [7, 11) is 7.73. The first kappa shape index (κ1) is 21.7. The molecule has 0 fully saturated rings. The molecule has 0 aliphatic heterocycles. The van der Waals surface area contributed by atoms with E-state index in [1.54, 1.807) is 0 Å². The van der Waals surface area contributed by atoms with Gasteiger partial charge in [-0.15, -0.1) is 0 Å². The maximum atomic E-state index is 13.2. The Balaban J connectivity index is 1.99. The number of anilines is 2. The molecule has 8 heteroatoms. The molecule has 150 valence electrons. The summed E-state index contributed by atoms with van der Waals surface area (Å²) in [5.41, 5.74) is 2.33. The minimum atomic E-state index is -0.844. The molecule has 0 saturated heterocycles. The van der Waals surface area contributed by atoms with E-state index in [-0.39, 0.29) is 23.3 Å². The zero-order valence-corrected chi connectivity index (χ0v) is 17.0. The van der Waals surface area contributed by atoms with E-state index in [1.807, 2.05) is 62.3 Å². The van der Waals surface area contributed by atoms with Gasteiger partial charge in [-0.05, 0) is 50.0 Å². The quantitative estimate of drug-likeness (QED) is 0.724. The Bertz CT molecular complexity index is 841. The maximum absolute atomic E-state index is 13.2. The minimum Gasteiger partial charge on any atom is -0.378 e. The first-order valence-corrected chi connectivity index (χ1v) is 9.04. The molecule has 0 bridgehead atoms. The Morgan fingerprint density at radius 1 is 1.04 bits per heavy atom. The molecule has 0 radical (unpaired) electrons. The number of likely N-dealkylation sites (N-methyl/N-ethyl adjacent to an activating group) is 1. The van der Waals surface area contributed by atoms with Gasteiger partial charge in [-0.2, -0.15) is 0 Å². The molecular formula is C20H24ClFN4O2. The third-order valence-electron chi connectivity index (χ3n) is 4.26.